The summed E-state index contributed by atoms with van der Waals surface area (Å²) in [5, 5.41) is 3.07. The Kier molecular flexibility index (Phi) is 8.60. The lowest BCUT2D eigenvalue weighted by Gasteiger charge is -2.18. The first kappa shape index (κ1) is 15.7. The highest BCUT2D eigenvalue weighted by Crippen LogP contribution is 2.14. The lowest BCUT2D eigenvalue weighted by molar-refractivity contribution is -0.142. The molecule has 0 aromatic heterocycles. The second-order valence-corrected chi connectivity index (χ2v) is 3.65. The number of ether oxygens (including phenoxy) is 1. The first-order chi connectivity index (χ1) is 7.45. The van der Waals surface area contributed by atoms with E-state index in [1.165, 1.54) is 11.9 Å². The van der Waals surface area contributed by atoms with Crippen LogP contribution in [0.5, 0.6) is 0 Å². The number of halogens is 3. The Morgan fingerprint density at radius 2 is 1.94 bits per heavy atom. The number of likely N-dealkylation sites (N-methyl/N-ethyl adjacent to an activating group) is 1. The molecule has 0 heterocycles. The van der Waals surface area contributed by atoms with Gasteiger partial charge in [-0.1, -0.05) is 0 Å². The monoisotopic (exact) mass is 242 g/mol. The van der Waals surface area contributed by atoms with Gasteiger partial charge in [-0.25, -0.2) is 0 Å². The normalized spacial score (nSPS) is 12.4. The van der Waals surface area contributed by atoms with Gasteiger partial charge in [0.15, 0.2) is 0 Å². The van der Waals surface area contributed by atoms with Crippen molar-refractivity contribution in [3.63, 3.8) is 0 Å². The summed E-state index contributed by atoms with van der Waals surface area (Å²) in [7, 11) is 1.47. The van der Waals surface area contributed by atoms with E-state index < -0.39 is 12.7 Å². The quantitative estimate of drug-likeness (QED) is 0.620. The third kappa shape index (κ3) is 11.7. The van der Waals surface area contributed by atoms with Crippen LogP contribution in [0.2, 0.25) is 0 Å². The van der Waals surface area contributed by atoms with Gasteiger partial charge < -0.3 is 10.1 Å². The molecule has 0 unspecified atom stereocenters. The van der Waals surface area contributed by atoms with E-state index in [1.807, 2.05) is 6.92 Å². The summed E-state index contributed by atoms with van der Waals surface area (Å²) in [6.07, 6.45) is -3.22. The number of nitrogens with one attached hydrogen (secondary N) is 1. The van der Waals surface area contributed by atoms with Crippen LogP contribution in [0.15, 0.2) is 0 Å². The minimum absolute atomic E-state index is 0.397. The molecule has 0 saturated heterocycles. The summed E-state index contributed by atoms with van der Waals surface area (Å²) < 4.78 is 41.0. The standard InChI is InChI=1S/C10H21F3N2O/c1-3-16-8-4-5-14-6-7-15(2)9-10(11,12)13/h14H,3-9H2,1-2H3. The number of alkyl halides is 3. The van der Waals surface area contributed by atoms with Crippen molar-refractivity contribution in [2.24, 2.45) is 0 Å². The van der Waals surface area contributed by atoms with Gasteiger partial charge in [-0.15, -0.1) is 0 Å². The summed E-state index contributed by atoms with van der Waals surface area (Å²) in [5.41, 5.74) is 0. The van der Waals surface area contributed by atoms with Crippen LogP contribution in [0, 0.1) is 0 Å². The molecular weight excluding hydrogens is 221 g/mol. The van der Waals surface area contributed by atoms with Crippen molar-refractivity contribution in [3.8, 4) is 0 Å². The smallest absolute Gasteiger partial charge is 0.382 e. The maximum atomic E-state index is 11.9. The summed E-state index contributed by atoms with van der Waals surface area (Å²) in [4.78, 5) is 1.26. The van der Waals surface area contributed by atoms with Crippen molar-refractivity contribution >= 4 is 0 Å². The first-order valence-electron chi connectivity index (χ1n) is 5.49. The molecule has 6 heteroatoms. The Bertz CT molecular complexity index is 165. The van der Waals surface area contributed by atoms with E-state index in [9.17, 15) is 13.2 Å². The van der Waals surface area contributed by atoms with E-state index in [0.29, 0.717) is 26.3 Å². The van der Waals surface area contributed by atoms with Gasteiger partial charge in [0.05, 0.1) is 6.54 Å². The molecule has 1 N–H and O–H groups in total. The Morgan fingerprint density at radius 1 is 1.25 bits per heavy atom. The van der Waals surface area contributed by atoms with E-state index in [4.69, 9.17) is 4.74 Å². The van der Waals surface area contributed by atoms with Crippen molar-refractivity contribution in [2.45, 2.75) is 19.5 Å². The van der Waals surface area contributed by atoms with Gasteiger partial charge in [-0.3, -0.25) is 4.90 Å². The van der Waals surface area contributed by atoms with E-state index in [2.05, 4.69) is 5.32 Å². The summed E-state index contributed by atoms with van der Waals surface area (Å²) in [5.74, 6) is 0. The van der Waals surface area contributed by atoms with E-state index in [-0.39, 0.29) is 0 Å². The molecule has 16 heavy (non-hydrogen) atoms. The maximum Gasteiger partial charge on any atom is 0.401 e. The van der Waals surface area contributed by atoms with Gasteiger partial charge >= 0.3 is 6.18 Å². The summed E-state index contributed by atoms with van der Waals surface area (Å²) >= 11 is 0. The van der Waals surface area contributed by atoms with Crippen molar-refractivity contribution in [2.75, 3.05) is 46.4 Å². The predicted octanol–water partition coefficient (Wildman–Crippen LogP) is 1.50. The molecule has 0 fully saturated rings. The molecule has 98 valence electrons. The lowest BCUT2D eigenvalue weighted by atomic mass is 10.4. The summed E-state index contributed by atoms with van der Waals surface area (Å²) in [6.45, 7) is 4.22. The second kappa shape index (κ2) is 8.78. The van der Waals surface area contributed by atoms with Crippen LogP contribution in [0.25, 0.3) is 0 Å². The second-order valence-electron chi connectivity index (χ2n) is 3.65. The third-order valence-electron chi connectivity index (χ3n) is 1.97. The molecular formula is C10H21F3N2O. The van der Waals surface area contributed by atoms with Gasteiger partial charge in [-0.2, -0.15) is 13.2 Å². The van der Waals surface area contributed by atoms with Gasteiger partial charge in [0.25, 0.3) is 0 Å². The maximum absolute atomic E-state index is 11.9. The van der Waals surface area contributed by atoms with Gasteiger partial charge in [-0.05, 0) is 26.9 Å². The Hall–Kier alpha value is -0.330. The SMILES string of the molecule is CCOCCCNCCN(C)CC(F)(F)F. The molecule has 0 atom stereocenters. The molecule has 0 aliphatic carbocycles. The van der Waals surface area contributed by atoms with Crippen molar-refractivity contribution in [1.82, 2.24) is 10.2 Å². The molecule has 0 amide bonds. The van der Waals surface area contributed by atoms with Crippen LogP contribution in [0.4, 0.5) is 13.2 Å². The zero-order chi connectivity index (χ0) is 12.4. The zero-order valence-electron chi connectivity index (χ0n) is 9.94. The van der Waals surface area contributed by atoms with Gasteiger partial charge in [0.1, 0.15) is 0 Å². The van der Waals surface area contributed by atoms with Crippen LogP contribution in [-0.2, 0) is 4.74 Å². The average molecular weight is 242 g/mol. The largest absolute Gasteiger partial charge is 0.401 e. The molecule has 0 spiro atoms. The van der Waals surface area contributed by atoms with Crippen molar-refractivity contribution in [1.29, 1.82) is 0 Å². The van der Waals surface area contributed by atoms with E-state index >= 15 is 0 Å². The van der Waals surface area contributed by atoms with Crippen LogP contribution in [0.1, 0.15) is 13.3 Å². The van der Waals surface area contributed by atoms with Gasteiger partial charge in [0.2, 0.25) is 0 Å². The fourth-order valence-corrected chi connectivity index (χ4v) is 1.22. The molecule has 0 aromatic carbocycles. The molecule has 0 bridgehead atoms. The van der Waals surface area contributed by atoms with Crippen LogP contribution in [0.3, 0.4) is 0 Å². The highest BCUT2D eigenvalue weighted by molar-refractivity contribution is 4.60. The zero-order valence-corrected chi connectivity index (χ0v) is 9.94. The van der Waals surface area contributed by atoms with Crippen LogP contribution >= 0.6 is 0 Å². The Balaban J connectivity index is 3.25. The molecule has 0 aliphatic rings. The fraction of sp³-hybridized carbons (Fsp3) is 1.00. The molecule has 0 rings (SSSR count). The van der Waals surface area contributed by atoms with Gasteiger partial charge in [0, 0.05) is 26.3 Å². The number of hydrogen-bond donors (Lipinski definition) is 1. The molecule has 0 aromatic rings. The molecule has 3 nitrogen and oxygen atoms in total. The van der Waals surface area contributed by atoms with Crippen molar-refractivity contribution < 1.29 is 17.9 Å². The lowest BCUT2D eigenvalue weighted by Crippen LogP contribution is -2.36. The number of hydrogen-bond acceptors (Lipinski definition) is 3. The third-order valence-corrected chi connectivity index (χ3v) is 1.97. The highest BCUT2D eigenvalue weighted by Gasteiger charge is 2.28. The first-order valence-corrected chi connectivity index (χ1v) is 5.49. The summed E-state index contributed by atoms with van der Waals surface area (Å²) in [6, 6.07) is 0. The van der Waals surface area contributed by atoms with E-state index in [0.717, 1.165) is 13.0 Å². The van der Waals surface area contributed by atoms with Crippen LogP contribution < -0.4 is 5.32 Å². The Labute approximate surface area is 94.9 Å². The van der Waals surface area contributed by atoms with E-state index in [1.54, 1.807) is 0 Å². The average Bonchev–Trinajstić information content (AvgIpc) is 2.13. The van der Waals surface area contributed by atoms with Crippen LogP contribution in [-0.4, -0.2) is 57.5 Å². The number of nitrogens with zero attached hydrogens (tertiary/aromatic N) is 1. The molecule has 0 saturated carbocycles. The Morgan fingerprint density at radius 3 is 2.50 bits per heavy atom. The highest BCUT2D eigenvalue weighted by atomic mass is 19.4. The molecule has 0 radical (unpaired) electrons. The topological polar surface area (TPSA) is 24.5 Å². The fourth-order valence-electron chi connectivity index (χ4n) is 1.22. The minimum Gasteiger partial charge on any atom is -0.382 e. The minimum atomic E-state index is -4.11. The molecule has 0 aliphatic heterocycles. The predicted molar refractivity (Wildman–Crippen MR) is 57.5 cm³/mol. The number of rotatable bonds is 9. The van der Waals surface area contributed by atoms with Crippen molar-refractivity contribution in [3.05, 3.63) is 0 Å².